The minimum atomic E-state index is -0.642. The summed E-state index contributed by atoms with van der Waals surface area (Å²) < 4.78 is 12.7. The zero-order valence-electron chi connectivity index (χ0n) is 18.1. The first kappa shape index (κ1) is 21.6. The Morgan fingerprint density at radius 3 is 2.56 bits per heavy atom. The van der Waals surface area contributed by atoms with Crippen LogP contribution >= 0.6 is 11.3 Å². The lowest BCUT2D eigenvalue weighted by atomic mass is 9.93. The molecule has 0 unspecified atom stereocenters. The van der Waals surface area contributed by atoms with Gasteiger partial charge in [0.15, 0.2) is 22.1 Å². The number of allylic oxidation sites excluding steroid dienone is 2. The number of nitrogens with zero attached hydrogens (tertiary/aromatic N) is 2. The van der Waals surface area contributed by atoms with E-state index in [4.69, 9.17) is 9.47 Å². The number of aromatic nitrogens is 1. The molecule has 1 aromatic heterocycles. The Bertz CT molecular complexity index is 1430. The summed E-state index contributed by atoms with van der Waals surface area (Å²) >= 11 is 1.24. The van der Waals surface area contributed by atoms with Crippen molar-refractivity contribution < 1.29 is 19.4 Å². The summed E-state index contributed by atoms with van der Waals surface area (Å²) in [4.78, 5) is 31.2. The first-order valence-electron chi connectivity index (χ1n) is 9.89. The van der Waals surface area contributed by atoms with E-state index in [0.717, 1.165) is 0 Å². The second kappa shape index (κ2) is 8.47. The summed E-state index contributed by atoms with van der Waals surface area (Å²) in [7, 11) is 3.02. The number of aromatic hydroxyl groups is 1. The highest BCUT2D eigenvalue weighted by Gasteiger charge is 2.32. The zero-order chi connectivity index (χ0) is 23.0. The van der Waals surface area contributed by atoms with Crippen LogP contribution in [0.1, 0.15) is 31.0 Å². The summed E-state index contributed by atoms with van der Waals surface area (Å²) in [6, 6.07) is 11.6. The number of hydrogen-bond acceptors (Lipinski definition) is 7. The van der Waals surface area contributed by atoms with Gasteiger partial charge < -0.3 is 14.6 Å². The molecule has 2 heterocycles. The minimum Gasteiger partial charge on any atom is -0.504 e. The van der Waals surface area contributed by atoms with Crippen molar-refractivity contribution in [1.82, 2.24) is 4.57 Å². The number of ether oxygens (including phenoxy) is 2. The average Bonchev–Trinajstić information content (AvgIpc) is 3.08. The van der Waals surface area contributed by atoms with Gasteiger partial charge >= 0.3 is 0 Å². The molecular formula is C24H22N2O5S. The number of rotatable bonds is 5. The van der Waals surface area contributed by atoms with Crippen molar-refractivity contribution in [2.24, 2.45) is 4.99 Å². The number of hydrogen-bond donors (Lipinski definition) is 1. The van der Waals surface area contributed by atoms with Crippen LogP contribution in [-0.4, -0.2) is 29.7 Å². The van der Waals surface area contributed by atoms with E-state index < -0.39 is 6.04 Å². The Morgan fingerprint density at radius 1 is 1.16 bits per heavy atom. The molecule has 0 saturated carbocycles. The molecule has 0 fully saturated rings. The number of para-hydroxylation sites is 1. The Balaban J connectivity index is 1.99. The topological polar surface area (TPSA) is 90.1 Å². The average molecular weight is 451 g/mol. The number of ketones is 1. The van der Waals surface area contributed by atoms with Crippen LogP contribution in [0, 0.1) is 0 Å². The van der Waals surface area contributed by atoms with E-state index in [1.807, 2.05) is 18.2 Å². The van der Waals surface area contributed by atoms with Crippen molar-refractivity contribution in [2.75, 3.05) is 14.2 Å². The van der Waals surface area contributed by atoms with Crippen LogP contribution < -0.4 is 24.4 Å². The minimum absolute atomic E-state index is 0.0176. The van der Waals surface area contributed by atoms with Gasteiger partial charge in [-0.3, -0.25) is 14.2 Å². The molecule has 3 aromatic rings. The number of phenolic OH excluding ortho intramolecular Hbond substituents is 1. The normalized spacial score (nSPS) is 15.9. The maximum Gasteiger partial charge on any atom is 0.271 e. The van der Waals surface area contributed by atoms with Gasteiger partial charge in [0, 0.05) is 16.8 Å². The zero-order valence-corrected chi connectivity index (χ0v) is 18.9. The Morgan fingerprint density at radius 2 is 1.88 bits per heavy atom. The fourth-order valence-electron chi connectivity index (χ4n) is 3.89. The van der Waals surface area contributed by atoms with Crippen molar-refractivity contribution >= 4 is 23.2 Å². The van der Waals surface area contributed by atoms with Gasteiger partial charge in [-0.2, -0.15) is 0 Å². The molecule has 0 amide bonds. The molecule has 2 aromatic carbocycles. The summed E-state index contributed by atoms with van der Waals surface area (Å²) in [5.41, 5.74) is 2.19. The largest absolute Gasteiger partial charge is 0.504 e. The van der Waals surface area contributed by atoms with Crippen molar-refractivity contribution in [3.8, 4) is 17.2 Å². The van der Waals surface area contributed by atoms with Gasteiger partial charge in [0.25, 0.3) is 5.56 Å². The van der Waals surface area contributed by atoms with E-state index >= 15 is 0 Å². The van der Waals surface area contributed by atoms with E-state index in [1.165, 1.54) is 31.4 Å². The number of Topliss-reactive ketones (excluding diaryl/α,β-unsaturated/α-hetero) is 1. The highest BCUT2D eigenvalue weighted by atomic mass is 32.1. The second-order valence-electron chi connectivity index (χ2n) is 7.31. The summed E-state index contributed by atoms with van der Waals surface area (Å²) in [5.74, 6) is 0.764. The Kier molecular flexibility index (Phi) is 5.71. The number of thiazole rings is 1. The molecule has 7 nitrogen and oxygen atoms in total. The standard InChI is InChI=1S/C24H22N2O5S/c1-13-21(14(2)27)22(16-7-5-6-8-18(16)30-3)26-23(29)20(32-24(26)25-13)12-15-9-10-17(28)19(11-15)31-4/h5-12,22,28H,1-4H3/b20-12-/t22-/m0/s1. The molecular weight excluding hydrogens is 428 g/mol. The Labute approximate surface area is 188 Å². The van der Waals surface area contributed by atoms with Gasteiger partial charge in [0.05, 0.1) is 24.8 Å². The molecule has 1 aliphatic rings. The van der Waals surface area contributed by atoms with E-state index in [9.17, 15) is 14.7 Å². The number of carbonyl (C=O) groups is 1. The maximum atomic E-state index is 13.5. The number of methoxy groups -OCH3 is 2. The molecule has 0 aliphatic carbocycles. The highest BCUT2D eigenvalue weighted by Crippen LogP contribution is 2.35. The van der Waals surface area contributed by atoms with E-state index in [1.54, 1.807) is 42.9 Å². The molecule has 0 saturated heterocycles. The lowest BCUT2D eigenvalue weighted by Gasteiger charge is -2.25. The first-order chi connectivity index (χ1) is 15.3. The van der Waals surface area contributed by atoms with Crippen molar-refractivity contribution in [1.29, 1.82) is 0 Å². The van der Waals surface area contributed by atoms with Crippen LogP contribution in [0.4, 0.5) is 0 Å². The van der Waals surface area contributed by atoms with E-state index in [2.05, 4.69) is 4.99 Å². The number of benzene rings is 2. The molecule has 8 heteroatoms. The fourth-order valence-corrected chi connectivity index (χ4v) is 4.94. The Hall–Kier alpha value is -3.65. The molecule has 0 bridgehead atoms. The van der Waals surface area contributed by atoms with Crippen molar-refractivity contribution in [3.63, 3.8) is 0 Å². The van der Waals surface area contributed by atoms with Crippen LogP contribution in [0.15, 0.2) is 63.5 Å². The quantitative estimate of drug-likeness (QED) is 0.645. The molecule has 1 atom stereocenters. The predicted octanol–water partition coefficient (Wildman–Crippen LogP) is 2.55. The molecule has 32 heavy (non-hydrogen) atoms. The number of carbonyl (C=O) groups excluding carboxylic acids is 1. The molecule has 4 rings (SSSR count). The van der Waals surface area contributed by atoms with Crippen LogP contribution in [0.25, 0.3) is 6.08 Å². The molecule has 164 valence electrons. The van der Waals surface area contributed by atoms with Crippen LogP contribution in [0.2, 0.25) is 0 Å². The molecule has 1 N–H and O–H groups in total. The van der Waals surface area contributed by atoms with Gasteiger partial charge in [0.1, 0.15) is 5.75 Å². The third kappa shape index (κ3) is 3.62. The van der Waals surface area contributed by atoms with Crippen molar-refractivity contribution in [3.05, 3.63) is 84.5 Å². The van der Waals surface area contributed by atoms with Gasteiger partial charge in [-0.15, -0.1) is 0 Å². The number of fused-ring (bicyclic) bond motifs is 1. The molecule has 0 spiro atoms. The lowest BCUT2D eigenvalue weighted by molar-refractivity contribution is -0.114. The monoisotopic (exact) mass is 450 g/mol. The van der Waals surface area contributed by atoms with Crippen LogP contribution in [0.3, 0.4) is 0 Å². The second-order valence-corrected chi connectivity index (χ2v) is 8.32. The smallest absolute Gasteiger partial charge is 0.271 e. The third-order valence-corrected chi connectivity index (χ3v) is 6.32. The summed E-state index contributed by atoms with van der Waals surface area (Å²) in [6.45, 7) is 3.26. The predicted molar refractivity (Wildman–Crippen MR) is 122 cm³/mol. The summed E-state index contributed by atoms with van der Waals surface area (Å²) in [6.07, 6.45) is 1.72. The summed E-state index contributed by atoms with van der Waals surface area (Å²) in [5, 5.41) is 9.84. The third-order valence-electron chi connectivity index (χ3n) is 5.34. The highest BCUT2D eigenvalue weighted by molar-refractivity contribution is 7.07. The van der Waals surface area contributed by atoms with Crippen LogP contribution in [0.5, 0.6) is 17.2 Å². The van der Waals surface area contributed by atoms with Crippen molar-refractivity contribution in [2.45, 2.75) is 19.9 Å². The fraction of sp³-hybridized carbons (Fsp3) is 0.208. The van der Waals surface area contributed by atoms with Gasteiger partial charge in [-0.25, -0.2) is 4.99 Å². The van der Waals surface area contributed by atoms with E-state index in [0.29, 0.717) is 43.2 Å². The lowest BCUT2D eigenvalue weighted by Crippen LogP contribution is -2.39. The first-order valence-corrected chi connectivity index (χ1v) is 10.7. The van der Waals surface area contributed by atoms with Gasteiger partial charge in [-0.05, 0) is 43.7 Å². The SMILES string of the molecule is COc1cc(/C=c2\sc3n(c2=O)[C@@H](c2ccccc2OC)C(C(C)=O)=C(C)N=3)ccc1O. The maximum absolute atomic E-state index is 13.5. The van der Waals surface area contributed by atoms with Crippen LogP contribution in [-0.2, 0) is 4.79 Å². The molecule has 0 radical (unpaired) electrons. The van der Waals surface area contributed by atoms with E-state index in [-0.39, 0.29) is 17.1 Å². The van der Waals surface area contributed by atoms with Gasteiger partial charge in [0.2, 0.25) is 0 Å². The van der Waals surface area contributed by atoms with Gasteiger partial charge in [-0.1, -0.05) is 35.6 Å². The molecule has 1 aliphatic heterocycles. The number of phenols is 1.